The van der Waals surface area contributed by atoms with E-state index in [9.17, 15) is 29.1 Å². The summed E-state index contributed by atoms with van der Waals surface area (Å²) in [5, 5.41) is 28.8. The highest BCUT2D eigenvalue weighted by Gasteiger charge is 2.43. The number of guanidine groups is 1. The van der Waals surface area contributed by atoms with E-state index >= 15 is 0 Å². The van der Waals surface area contributed by atoms with Gasteiger partial charge in [-0.25, -0.2) is 9.79 Å². The number of nitrogens with zero attached hydrogens (tertiary/aromatic N) is 2. The van der Waals surface area contributed by atoms with Crippen molar-refractivity contribution in [3.63, 3.8) is 0 Å². The van der Waals surface area contributed by atoms with Crippen LogP contribution in [0.4, 0.5) is 5.69 Å². The number of carbonyl (C=O) groups is 5. The smallest absolute Gasteiger partial charge is 0.326 e. The zero-order chi connectivity index (χ0) is 24.8. The number of hydrogen-bond donors (Lipinski definition) is 7. The van der Waals surface area contributed by atoms with Gasteiger partial charge in [-0.2, -0.15) is 0 Å². The van der Waals surface area contributed by atoms with Crippen LogP contribution in [0.25, 0.3) is 0 Å². The number of carboxylic acids is 2. The first-order valence-electron chi connectivity index (χ1n) is 10.4. The van der Waals surface area contributed by atoms with E-state index in [2.05, 4.69) is 26.3 Å². The Morgan fingerprint density at radius 1 is 1.26 bits per heavy atom. The minimum absolute atomic E-state index is 0.0122. The molecule has 182 valence electrons. The fourth-order valence-electron chi connectivity index (χ4n) is 3.71. The number of benzene rings is 1. The Morgan fingerprint density at radius 2 is 1.97 bits per heavy atom. The van der Waals surface area contributed by atoms with E-state index in [0.29, 0.717) is 25.2 Å². The summed E-state index contributed by atoms with van der Waals surface area (Å²) in [6.07, 6.45) is -0.663. The molecule has 0 aromatic heterocycles. The van der Waals surface area contributed by atoms with Crippen molar-refractivity contribution in [2.24, 2.45) is 10.7 Å². The molecule has 2 aliphatic rings. The number of nitrogens with two attached hydrogens (primary N) is 1. The van der Waals surface area contributed by atoms with Gasteiger partial charge in [0, 0.05) is 30.8 Å². The molecule has 14 nitrogen and oxygen atoms in total. The Hall–Kier alpha value is -4.20. The lowest BCUT2D eigenvalue weighted by atomic mass is 10.0. The van der Waals surface area contributed by atoms with E-state index in [-0.39, 0.29) is 24.0 Å². The monoisotopic (exact) mass is 475 g/mol. The summed E-state index contributed by atoms with van der Waals surface area (Å²) in [5.41, 5.74) is 6.39. The van der Waals surface area contributed by atoms with Gasteiger partial charge in [-0.3, -0.25) is 29.8 Å². The average Bonchev–Trinajstić information content (AvgIpc) is 2.79. The van der Waals surface area contributed by atoms with Crippen LogP contribution in [-0.4, -0.2) is 88.6 Å². The van der Waals surface area contributed by atoms with Crippen molar-refractivity contribution < 1.29 is 34.2 Å². The molecule has 1 aromatic carbocycles. The predicted octanol–water partition coefficient (Wildman–Crippen LogP) is -2.28. The predicted molar refractivity (Wildman–Crippen MR) is 118 cm³/mol. The van der Waals surface area contributed by atoms with Crippen LogP contribution in [0.1, 0.15) is 23.2 Å². The summed E-state index contributed by atoms with van der Waals surface area (Å²) in [6, 6.07) is 3.64. The van der Waals surface area contributed by atoms with Gasteiger partial charge in [-0.05, 0) is 30.7 Å². The van der Waals surface area contributed by atoms with E-state index in [4.69, 9.17) is 10.8 Å². The Balaban J connectivity index is 1.58. The number of piperazine rings is 1. The van der Waals surface area contributed by atoms with E-state index < -0.39 is 48.4 Å². The summed E-state index contributed by atoms with van der Waals surface area (Å²) in [7, 11) is 0. The second-order valence-electron chi connectivity index (χ2n) is 7.76. The van der Waals surface area contributed by atoms with Crippen molar-refractivity contribution in [1.82, 2.24) is 20.9 Å². The van der Waals surface area contributed by atoms with Crippen molar-refractivity contribution in [2.45, 2.75) is 37.1 Å². The summed E-state index contributed by atoms with van der Waals surface area (Å²) < 4.78 is 0. The molecule has 0 spiro atoms. The molecule has 0 unspecified atom stereocenters. The Kier molecular flexibility index (Phi) is 7.63. The summed E-state index contributed by atoms with van der Waals surface area (Å²) in [5.74, 6) is -3.58. The minimum Gasteiger partial charge on any atom is -0.481 e. The molecule has 1 aromatic rings. The SMILES string of the molecule is NC1=N[C@@H]2NC[C@@H](CNc3ccc(C(=O)N[C@@H](CCC(=O)O)C(=O)O)cc3)N(C=O)[C@H]2C(=O)N1. The highest BCUT2D eigenvalue weighted by molar-refractivity contribution is 6.02. The van der Waals surface area contributed by atoms with Gasteiger partial charge < -0.3 is 31.5 Å². The molecule has 3 amide bonds. The molecule has 8 N–H and O–H groups in total. The van der Waals surface area contributed by atoms with Crippen LogP contribution in [0.15, 0.2) is 29.3 Å². The number of carboxylic acid groups (broad SMARTS) is 2. The molecular weight excluding hydrogens is 450 g/mol. The van der Waals surface area contributed by atoms with Crippen molar-refractivity contribution in [2.75, 3.05) is 18.4 Å². The highest BCUT2D eigenvalue weighted by Crippen LogP contribution is 2.18. The molecule has 0 saturated carbocycles. The van der Waals surface area contributed by atoms with Crippen LogP contribution in [0.2, 0.25) is 0 Å². The number of hydrogen-bond acceptors (Lipinski definition) is 9. The zero-order valence-corrected chi connectivity index (χ0v) is 17.9. The normalized spacial score (nSPS) is 22.5. The van der Waals surface area contributed by atoms with E-state index in [1.807, 2.05) is 0 Å². The molecule has 34 heavy (non-hydrogen) atoms. The van der Waals surface area contributed by atoms with Gasteiger partial charge in [0.2, 0.25) is 6.41 Å². The number of aliphatic carboxylic acids is 2. The lowest BCUT2D eigenvalue weighted by molar-refractivity contribution is -0.140. The molecule has 1 saturated heterocycles. The summed E-state index contributed by atoms with van der Waals surface area (Å²) in [4.78, 5) is 63.7. The third-order valence-corrected chi connectivity index (χ3v) is 5.46. The number of rotatable bonds is 10. The number of fused-ring (bicyclic) bond motifs is 1. The molecule has 0 radical (unpaired) electrons. The van der Waals surface area contributed by atoms with Gasteiger partial charge in [0.1, 0.15) is 18.2 Å². The lowest BCUT2D eigenvalue weighted by Crippen LogP contribution is -2.70. The molecule has 1 fully saturated rings. The molecular formula is C20H25N7O7. The Bertz CT molecular complexity index is 997. The number of amides is 3. The maximum Gasteiger partial charge on any atom is 0.326 e. The van der Waals surface area contributed by atoms with Gasteiger partial charge in [0.15, 0.2) is 5.96 Å². The third-order valence-electron chi connectivity index (χ3n) is 5.46. The number of carbonyl (C=O) groups excluding carboxylic acids is 3. The maximum atomic E-state index is 12.3. The number of aliphatic imine (C=N–C) groups is 1. The molecule has 3 rings (SSSR count). The fourth-order valence-corrected chi connectivity index (χ4v) is 3.71. The van der Waals surface area contributed by atoms with Gasteiger partial charge in [0.05, 0.1) is 6.04 Å². The average molecular weight is 475 g/mol. The second-order valence-corrected chi connectivity index (χ2v) is 7.76. The zero-order valence-electron chi connectivity index (χ0n) is 17.9. The second kappa shape index (κ2) is 10.6. The molecule has 2 heterocycles. The molecule has 14 heteroatoms. The van der Waals surface area contributed by atoms with Crippen molar-refractivity contribution in [3.8, 4) is 0 Å². The third kappa shape index (κ3) is 5.78. The first-order chi connectivity index (χ1) is 16.2. The van der Waals surface area contributed by atoms with Gasteiger partial charge in [-0.1, -0.05) is 0 Å². The maximum absolute atomic E-state index is 12.3. The van der Waals surface area contributed by atoms with Crippen molar-refractivity contribution >= 4 is 41.8 Å². The van der Waals surface area contributed by atoms with E-state index in [1.54, 1.807) is 12.1 Å². The largest absolute Gasteiger partial charge is 0.481 e. The highest BCUT2D eigenvalue weighted by atomic mass is 16.4. The molecule has 0 aliphatic carbocycles. The van der Waals surface area contributed by atoms with Crippen LogP contribution in [0.5, 0.6) is 0 Å². The lowest BCUT2D eigenvalue weighted by Gasteiger charge is -2.44. The van der Waals surface area contributed by atoms with E-state index in [1.165, 1.54) is 17.0 Å². The van der Waals surface area contributed by atoms with Crippen LogP contribution in [-0.2, 0) is 19.2 Å². The van der Waals surface area contributed by atoms with Crippen LogP contribution in [0.3, 0.4) is 0 Å². The van der Waals surface area contributed by atoms with E-state index in [0.717, 1.165) is 0 Å². The first kappa shape index (κ1) is 24.4. The van der Waals surface area contributed by atoms with Crippen molar-refractivity contribution in [1.29, 1.82) is 0 Å². The molecule has 0 bridgehead atoms. The topological polar surface area (TPSA) is 216 Å². The van der Waals surface area contributed by atoms with Crippen LogP contribution in [0, 0.1) is 0 Å². The van der Waals surface area contributed by atoms with Gasteiger partial charge in [0.25, 0.3) is 11.8 Å². The standard InChI is InChI=1S/C20H25N7O7/c21-20-25-16-15(18(32)26-20)27(9-28)12(8-23-16)7-22-11-3-1-10(2-4-11)17(31)24-13(19(33)34)5-6-14(29)30/h1-4,9,12-13,15-16,22-23H,5-8H2,(H,24,31)(H,29,30)(H,33,34)(H3,21,25,26,32)/t12-,13+,15-,16+/m1/s1. The number of anilines is 1. The number of nitrogens with one attached hydrogen (secondary N) is 4. The minimum atomic E-state index is -1.32. The quantitative estimate of drug-likeness (QED) is 0.180. The molecule has 4 atom stereocenters. The summed E-state index contributed by atoms with van der Waals surface area (Å²) in [6.45, 7) is 0.660. The Labute approximate surface area is 193 Å². The fraction of sp³-hybridized carbons (Fsp3) is 0.400. The van der Waals surface area contributed by atoms with Crippen LogP contribution >= 0.6 is 0 Å². The first-order valence-corrected chi connectivity index (χ1v) is 10.4. The Morgan fingerprint density at radius 3 is 2.59 bits per heavy atom. The van der Waals surface area contributed by atoms with Crippen LogP contribution < -0.4 is 27.0 Å². The van der Waals surface area contributed by atoms with Crippen molar-refractivity contribution in [3.05, 3.63) is 29.8 Å². The van der Waals surface area contributed by atoms with Gasteiger partial charge >= 0.3 is 11.9 Å². The summed E-state index contributed by atoms with van der Waals surface area (Å²) >= 11 is 0. The molecule has 2 aliphatic heterocycles. The van der Waals surface area contributed by atoms with Gasteiger partial charge in [-0.15, -0.1) is 0 Å².